The van der Waals surface area contributed by atoms with Gasteiger partial charge in [0.15, 0.2) is 0 Å². The summed E-state index contributed by atoms with van der Waals surface area (Å²) < 4.78 is 5.46. The molecule has 0 heterocycles. The van der Waals surface area contributed by atoms with E-state index in [9.17, 15) is 10.1 Å². The maximum atomic E-state index is 12.6. The van der Waals surface area contributed by atoms with Crippen LogP contribution in [-0.2, 0) is 4.79 Å². The third kappa shape index (κ3) is 4.77. The first-order valence-corrected chi connectivity index (χ1v) is 8.95. The minimum absolute atomic E-state index is 0.0675. The van der Waals surface area contributed by atoms with E-state index in [1.54, 1.807) is 13.2 Å². The maximum Gasteiger partial charge on any atom is 0.266 e. The zero-order valence-corrected chi connectivity index (χ0v) is 16.8. The van der Waals surface area contributed by atoms with Crippen molar-refractivity contribution in [3.8, 4) is 11.8 Å². The molecule has 0 radical (unpaired) electrons. The summed E-state index contributed by atoms with van der Waals surface area (Å²) in [7, 11) is 1.65. The van der Waals surface area contributed by atoms with E-state index in [1.807, 2.05) is 57.2 Å². The zero-order valence-electron chi connectivity index (χ0n) is 16.8. The molecule has 0 atom stereocenters. The number of benzene rings is 2. The second-order valence-electron chi connectivity index (χ2n) is 7.05. The monoisotopic (exact) mass is 362 g/mol. The van der Waals surface area contributed by atoms with Crippen molar-refractivity contribution in [2.75, 3.05) is 12.4 Å². The van der Waals surface area contributed by atoms with Gasteiger partial charge >= 0.3 is 0 Å². The van der Waals surface area contributed by atoms with Crippen LogP contribution in [0.25, 0.3) is 6.08 Å². The van der Waals surface area contributed by atoms with Gasteiger partial charge in [-0.05, 0) is 73.2 Å². The topological polar surface area (TPSA) is 62.1 Å². The number of methoxy groups -OCH3 is 1. The Morgan fingerprint density at radius 1 is 1.15 bits per heavy atom. The molecule has 0 aliphatic carbocycles. The van der Waals surface area contributed by atoms with E-state index >= 15 is 0 Å². The van der Waals surface area contributed by atoms with Crippen LogP contribution in [-0.4, -0.2) is 13.0 Å². The average Bonchev–Trinajstić information content (AvgIpc) is 2.62. The minimum atomic E-state index is -0.411. The Labute approximate surface area is 161 Å². The van der Waals surface area contributed by atoms with Gasteiger partial charge in [0, 0.05) is 5.69 Å². The van der Waals surface area contributed by atoms with Crippen LogP contribution in [0.15, 0.2) is 35.9 Å². The molecule has 27 heavy (non-hydrogen) atoms. The van der Waals surface area contributed by atoms with Gasteiger partial charge in [0.05, 0.1) is 7.11 Å². The van der Waals surface area contributed by atoms with Crippen LogP contribution in [0.4, 0.5) is 5.69 Å². The number of anilines is 1. The zero-order chi connectivity index (χ0) is 20.1. The lowest BCUT2D eigenvalue weighted by atomic mass is 9.95. The average molecular weight is 362 g/mol. The number of rotatable bonds is 5. The summed E-state index contributed by atoms with van der Waals surface area (Å²) in [5, 5.41) is 12.3. The number of hydrogen-bond donors (Lipinski definition) is 1. The van der Waals surface area contributed by atoms with Crippen molar-refractivity contribution >= 4 is 17.7 Å². The third-order valence-electron chi connectivity index (χ3n) is 4.54. The van der Waals surface area contributed by atoms with Gasteiger partial charge in [-0.1, -0.05) is 31.5 Å². The molecule has 0 fully saturated rings. The molecular weight excluding hydrogens is 336 g/mol. The van der Waals surface area contributed by atoms with Crippen molar-refractivity contribution in [1.82, 2.24) is 0 Å². The van der Waals surface area contributed by atoms with Crippen molar-refractivity contribution in [3.05, 3.63) is 63.7 Å². The quantitative estimate of drug-likeness (QED) is 0.581. The largest absolute Gasteiger partial charge is 0.496 e. The van der Waals surface area contributed by atoms with Gasteiger partial charge in [0.1, 0.15) is 17.4 Å². The molecule has 0 aromatic heterocycles. The molecule has 0 spiro atoms. The van der Waals surface area contributed by atoms with Crippen LogP contribution < -0.4 is 10.1 Å². The maximum absolute atomic E-state index is 12.6. The van der Waals surface area contributed by atoms with Gasteiger partial charge in [-0.25, -0.2) is 0 Å². The van der Waals surface area contributed by atoms with E-state index in [0.717, 1.165) is 33.6 Å². The van der Waals surface area contributed by atoms with Crippen molar-refractivity contribution in [3.63, 3.8) is 0 Å². The Morgan fingerprint density at radius 3 is 2.41 bits per heavy atom. The van der Waals surface area contributed by atoms with Gasteiger partial charge in [-0.3, -0.25) is 4.79 Å². The second kappa shape index (κ2) is 8.55. The van der Waals surface area contributed by atoms with Gasteiger partial charge in [-0.15, -0.1) is 0 Å². The number of nitrogens with zero attached hydrogens (tertiary/aromatic N) is 1. The SMILES string of the molecule is COc1cc(C)c(/C=C(\C#N)C(=O)Nc2ccc(C)cc2C)cc1C(C)C. The van der Waals surface area contributed by atoms with Gasteiger partial charge < -0.3 is 10.1 Å². The number of ether oxygens (including phenoxy) is 1. The van der Waals surface area contributed by atoms with Crippen LogP contribution in [0, 0.1) is 32.1 Å². The van der Waals surface area contributed by atoms with Gasteiger partial charge in [-0.2, -0.15) is 5.26 Å². The molecular formula is C23H26N2O2. The fourth-order valence-electron chi connectivity index (χ4n) is 2.95. The first-order valence-electron chi connectivity index (χ1n) is 8.95. The first-order chi connectivity index (χ1) is 12.8. The molecule has 0 saturated heterocycles. The van der Waals surface area contributed by atoms with E-state index in [1.165, 1.54) is 0 Å². The number of carbonyl (C=O) groups excluding carboxylic acids is 1. The molecule has 2 aromatic rings. The minimum Gasteiger partial charge on any atom is -0.496 e. The fraction of sp³-hybridized carbons (Fsp3) is 0.304. The molecule has 4 heteroatoms. The Kier molecular flexibility index (Phi) is 6.41. The van der Waals surface area contributed by atoms with E-state index in [4.69, 9.17) is 4.74 Å². The van der Waals surface area contributed by atoms with E-state index in [-0.39, 0.29) is 11.5 Å². The van der Waals surface area contributed by atoms with E-state index in [2.05, 4.69) is 19.2 Å². The Morgan fingerprint density at radius 2 is 1.85 bits per heavy atom. The van der Waals surface area contributed by atoms with Gasteiger partial charge in [0.25, 0.3) is 5.91 Å². The predicted octanol–water partition coefficient (Wildman–Crippen LogP) is 5.29. The highest BCUT2D eigenvalue weighted by molar-refractivity contribution is 6.10. The first kappa shape index (κ1) is 20.3. The highest BCUT2D eigenvalue weighted by Crippen LogP contribution is 2.30. The summed E-state index contributed by atoms with van der Waals surface area (Å²) in [5.74, 6) is 0.672. The van der Waals surface area contributed by atoms with Crippen molar-refractivity contribution in [1.29, 1.82) is 5.26 Å². The lowest BCUT2D eigenvalue weighted by Gasteiger charge is -2.15. The number of amides is 1. The number of carbonyl (C=O) groups is 1. The fourth-order valence-corrected chi connectivity index (χ4v) is 2.95. The summed E-state index contributed by atoms with van der Waals surface area (Å²) in [6.07, 6.45) is 1.64. The van der Waals surface area contributed by atoms with E-state index in [0.29, 0.717) is 5.69 Å². The van der Waals surface area contributed by atoms with Crippen molar-refractivity contribution in [2.24, 2.45) is 0 Å². The molecule has 1 N–H and O–H groups in total. The normalized spacial score (nSPS) is 11.3. The Balaban J connectivity index is 2.39. The van der Waals surface area contributed by atoms with Crippen LogP contribution >= 0.6 is 0 Å². The van der Waals surface area contributed by atoms with E-state index < -0.39 is 5.91 Å². The van der Waals surface area contributed by atoms with Crippen LogP contribution in [0.3, 0.4) is 0 Å². The van der Waals surface area contributed by atoms with Crippen molar-refractivity contribution < 1.29 is 9.53 Å². The molecule has 0 unspecified atom stereocenters. The van der Waals surface area contributed by atoms with Crippen LogP contribution in [0.2, 0.25) is 0 Å². The summed E-state index contributed by atoms with van der Waals surface area (Å²) in [4.78, 5) is 12.6. The number of nitriles is 1. The summed E-state index contributed by atoms with van der Waals surface area (Å²) >= 11 is 0. The van der Waals surface area contributed by atoms with Crippen LogP contribution in [0.1, 0.15) is 47.6 Å². The lowest BCUT2D eigenvalue weighted by Crippen LogP contribution is -2.14. The number of aryl methyl sites for hydroxylation is 3. The summed E-state index contributed by atoms with van der Waals surface area (Å²) in [6, 6.07) is 11.7. The van der Waals surface area contributed by atoms with Gasteiger partial charge in [0.2, 0.25) is 0 Å². The smallest absolute Gasteiger partial charge is 0.266 e. The molecule has 2 rings (SSSR count). The number of nitrogens with one attached hydrogen (secondary N) is 1. The standard InChI is InChI=1S/C23H26N2O2/c1-14(2)20-12-18(16(4)10-22(20)27-6)11-19(13-24)23(26)25-21-8-7-15(3)9-17(21)5/h7-12,14H,1-6H3,(H,25,26)/b19-11+. The molecule has 1 amide bonds. The highest BCUT2D eigenvalue weighted by atomic mass is 16.5. The molecule has 2 aromatic carbocycles. The lowest BCUT2D eigenvalue weighted by molar-refractivity contribution is -0.112. The Hall–Kier alpha value is -3.06. The molecule has 0 aliphatic rings. The molecule has 0 saturated carbocycles. The highest BCUT2D eigenvalue weighted by Gasteiger charge is 2.14. The predicted molar refractivity (Wildman–Crippen MR) is 110 cm³/mol. The van der Waals surface area contributed by atoms with Crippen molar-refractivity contribution in [2.45, 2.75) is 40.5 Å². The molecule has 0 bridgehead atoms. The second-order valence-corrected chi connectivity index (χ2v) is 7.05. The Bertz CT molecular complexity index is 934. The van der Waals surface area contributed by atoms with Crippen LogP contribution in [0.5, 0.6) is 5.75 Å². The summed E-state index contributed by atoms with van der Waals surface area (Å²) in [6.45, 7) is 10.0. The molecule has 4 nitrogen and oxygen atoms in total. The number of hydrogen-bond acceptors (Lipinski definition) is 3. The molecule has 0 aliphatic heterocycles. The summed E-state index contributed by atoms with van der Waals surface area (Å²) in [5.41, 5.74) is 5.69. The molecule has 140 valence electrons. The third-order valence-corrected chi connectivity index (χ3v) is 4.54.